The number of methoxy groups -OCH3 is 1. The third-order valence-corrected chi connectivity index (χ3v) is 3.22. The Hall–Kier alpha value is -2.49. The first kappa shape index (κ1) is 11.6. The van der Waals surface area contributed by atoms with Crippen molar-refractivity contribution < 1.29 is 9.53 Å². The van der Waals surface area contributed by atoms with Crippen molar-refractivity contribution in [1.29, 1.82) is 0 Å². The highest BCUT2D eigenvalue weighted by Gasteiger charge is 2.25. The summed E-state index contributed by atoms with van der Waals surface area (Å²) in [5, 5.41) is 5.74. The summed E-state index contributed by atoms with van der Waals surface area (Å²) in [4.78, 5) is 11.7. The van der Waals surface area contributed by atoms with Gasteiger partial charge in [0.1, 0.15) is 5.75 Å². The summed E-state index contributed by atoms with van der Waals surface area (Å²) < 4.78 is 5.23. The molecule has 0 spiro atoms. The fourth-order valence-electron chi connectivity index (χ4n) is 2.31. The highest BCUT2D eigenvalue weighted by Crippen LogP contribution is 2.32. The van der Waals surface area contributed by atoms with E-state index in [1.165, 1.54) is 0 Å². The number of urea groups is 1. The fourth-order valence-corrected chi connectivity index (χ4v) is 2.31. The zero-order valence-corrected chi connectivity index (χ0v) is 10.5. The smallest absolute Gasteiger partial charge is 0.320 e. The average Bonchev–Trinajstić information content (AvgIpc) is 2.46. The molecule has 1 aliphatic rings. The Morgan fingerprint density at radius 3 is 2.79 bits per heavy atom. The zero-order chi connectivity index (χ0) is 13.2. The number of carbonyl (C=O) groups excluding carboxylic acids is 1. The molecule has 1 aliphatic heterocycles. The van der Waals surface area contributed by atoms with Crippen molar-refractivity contribution in [3.05, 3.63) is 59.7 Å². The molecule has 0 saturated heterocycles. The highest BCUT2D eigenvalue weighted by molar-refractivity contribution is 5.93. The minimum atomic E-state index is -0.188. The predicted octanol–water partition coefficient (Wildman–Crippen LogP) is 2.92. The Bertz CT molecular complexity index is 625. The van der Waals surface area contributed by atoms with Crippen LogP contribution in [0.25, 0.3) is 0 Å². The summed E-state index contributed by atoms with van der Waals surface area (Å²) in [6.45, 7) is 0. The normalized spacial score (nSPS) is 17.1. The van der Waals surface area contributed by atoms with Gasteiger partial charge in [-0.05, 0) is 23.8 Å². The maximum atomic E-state index is 11.7. The third kappa shape index (κ3) is 2.12. The summed E-state index contributed by atoms with van der Waals surface area (Å²) in [5.74, 6) is 0.780. The molecule has 0 bridgehead atoms. The number of anilines is 1. The SMILES string of the molecule is COc1cccc(C2NC(=O)Nc3ccccc32)c1. The molecule has 1 heterocycles. The van der Waals surface area contributed by atoms with Crippen molar-refractivity contribution in [2.45, 2.75) is 6.04 Å². The Labute approximate surface area is 111 Å². The van der Waals surface area contributed by atoms with E-state index >= 15 is 0 Å². The third-order valence-electron chi connectivity index (χ3n) is 3.22. The van der Waals surface area contributed by atoms with Crippen LogP contribution >= 0.6 is 0 Å². The molecule has 4 nitrogen and oxygen atoms in total. The first-order chi connectivity index (χ1) is 9.28. The van der Waals surface area contributed by atoms with Gasteiger partial charge in [-0.25, -0.2) is 4.79 Å². The minimum absolute atomic E-state index is 0.153. The van der Waals surface area contributed by atoms with Gasteiger partial charge < -0.3 is 15.4 Å². The molecule has 2 aromatic rings. The summed E-state index contributed by atoms with van der Waals surface area (Å²) in [7, 11) is 1.63. The lowest BCUT2D eigenvalue weighted by Gasteiger charge is -2.27. The number of ether oxygens (including phenoxy) is 1. The van der Waals surface area contributed by atoms with Gasteiger partial charge in [-0.1, -0.05) is 30.3 Å². The number of fused-ring (bicyclic) bond motifs is 1. The lowest BCUT2D eigenvalue weighted by Crippen LogP contribution is -2.38. The van der Waals surface area contributed by atoms with E-state index in [0.717, 1.165) is 22.6 Å². The molecule has 0 aliphatic carbocycles. The molecule has 96 valence electrons. The molecule has 4 heteroatoms. The lowest BCUT2D eigenvalue weighted by molar-refractivity contribution is 0.249. The second-order valence-corrected chi connectivity index (χ2v) is 4.40. The molecule has 2 aromatic carbocycles. The number of benzene rings is 2. The molecule has 0 saturated carbocycles. The second-order valence-electron chi connectivity index (χ2n) is 4.40. The van der Waals surface area contributed by atoms with Crippen molar-refractivity contribution >= 4 is 11.7 Å². The number of hydrogen-bond acceptors (Lipinski definition) is 2. The predicted molar refractivity (Wildman–Crippen MR) is 73.4 cm³/mol. The van der Waals surface area contributed by atoms with Crippen LogP contribution in [-0.2, 0) is 0 Å². The number of para-hydroxylation sites is 1. The fraction of sp³-hybridized carbons (Fsp3) is 0.133. The summed E-state index contributed by atoms with van der Waals surface area (Å²) in [6.07, 6.45) is 0. The van der Waals surface area contributed by atoms with Gasteiger partial charge in [-0.3, -0.25) is 0 Å². The van der Waals surface area contributed by atoms with E-state index in [2.05, 4.69) is 10.6 Å². The van der Waals surface area contributed by atoms with Crippen molar-refractivity contribution in [1.82, 2.24) is 5.32 Å². The van der Waals surface area contributed by atoms with E-state index in [-0.39, 0.29) is 12.1 Å². The number of hydrogen-bond donors (Lipinski definition) is 2. The van der Waals surface area contributed by atoms with Gasteiger partial charge in [0.05, 0.1) is 13.2 Å². The molecule has 1 atom stereocenters. The Balaban J connectivity index is 2.07. The summed E-state index contributed by atoms with van der Waals surface area (Å²) in [5.41, 5.74) is 2.90. The van der Waals surface area contributed by atoms with Crippen LogP contribution in [0.3, 0.4) is 0 Å². The molecular formula is C15H14N2O2. The number of rotatable bonds is 2. The van der Waals surface area contributed by atoms with Gasteiger partial charge in [0.25, 0.3) is 0 Å². The molecular weight excluding hydrogens is 240 g/mol. The van der Waals surface area contributed by atoms with Crippen molar-refractivity contribution in [2.24, 2.45) is 0 Å². The van der Waals surface area contributed by atoms with Crippen LogP contribution in [0.15, 0.2) is 48.5 Å². The largest absolute Gasteiger partial charge is 0.497 e. The monoisotopic (exact) mass is 254 g/mol. The molecule has 19 heavy (non-hydrogen) atoms. The molecule has 3 rings (SSSR count). The maximum absolute atomic E-state index is 11.7. The van der Waals surface area contributed by atoms with E-state index in [1.54, 1.807) is 7.11 Å². The van der Waals surface area contributed by atoms with Gasteiger partial charge in [0.15, 0.2) is 0 Å². The van der Waals surface area contributed by atoms with E-state index in [1.807, 2.05) is 48.5 Å². The molecule has 1 unspecified atom stereocenters. The summed E-state index contributed by atoms with van der Waals surface area (Å²) in [6, 6.07) is 15.2. The molecule has 2 N–H and O–H groups in total. The van der Waals surface area contributed by atoms with Crippen LogP contribution in [-0.4, -0.2) is 13.1 Å². The standard InChI is InChI=1S/C15H14N2O2/c1-19-11-6-4-5-10(9-11)14-12-7-2-3-8-13(12)16-15(18)17-14/h2-9,14H,1H3,(H2,16,17,18). The van der Waals surface area contributed by atoms with Crippen molar-refractivity contribution in [2.75, 3.05) is 12.4 Å². The number of amides is 2. The number of carbonyl (C=O) groups is 1. The second kappa shape index (κ2) is 4.65. The quantitative estimate of drug-likeness (QED) is 0.865. The van der Waals surface area contributed by atoms with Crippen LogP contribution in [0.5, 0.6) is 5.75 Å². The first-order valence-corrected chi connectivity index (χ1v) is 6.08. The van der Waals surface area contributed by atoms with E-state index in [9.17, 15) is 4.79 Å². The van der Waals surface area contributed by atoms with Crippen LogP contribution in [0.4, 0.5) is 10.5 Å². The zero-order valence-electron chi connectivity index (χ0n) is 10.5. The minimum Gasteiger partial charge on any atom is -0.497 e. The van der Waals surface area contributed by atoms with E-state index < -0.39 is 0 Å². The Kier molecular flexibility index (Phi) is 2.83. The van der Waals surface area contributed by atoms with Gasteiger partial charge in [-0.2, -0.15) is 0 Å². The lowest BCUT2D eigenvalue weighted by atomic mass is 9.95. The Morgan fingerprint density at radius 1 is 1.11 bits per heavy atom. The van der Waals surface area contributed by atoms with E-state index in [4.69, 9.17) is 4.74 Å². The Morgan fingerprint density at radius 2 is 1.95 bits per heavy atom. The molecule has 0 radical (unpaired) electrons. The van der Waals surface area contributed by atoms with Gasteiger partial charge in [0, 0.05) is 11.3 Å². The van der Waals surface area contributed by atoms with Crippen molar-refractivity contribution in [3.63, 3.8) is 0 Å². The maximum Gasteiger partial charge on any atom is 0.320 e. The van der Waals surface area contributed by atoms with Gasteiger partial charge in [0.2, 0.25) is 0 Å². The first-order valence-electron chi connectivity index (χ1n) is 6.08. The number of nitrogens with one attached hydrogen (secondary N) is 2. The molecule has 0 fully saturated rings. The van der Waals surface area contributed by atoms with E-state index in [0.29, 0.717) is 0 Å². The summed E-state index contributed by atoms with van der Waals surface area (Å²) >= 11 is 0. The average molecular weight is 254 g/mol. The van der Waals surface area contributed by atoms with Gasteiger partial charge in [-0.15, -0.1) is 0 Å². The van der Waals surface area contributed by atoms with Gasteiger partial charge >= 0.3 is 6.03 Å². The van der Waals surface area contributed by atoms with Crippen LogP contribution < -0.4 is 15.4 Å². The van der Waals surface area contributed by atoms with Crippen LogP contribution in [0, 0.1) is 0 Å². The topological polar surface area (TPSA) is 50.4 Å². The van der Waals surface area contributed by atoms with Crippen LogP contribution in [0.1, 0.15) is 17.2 Å². The van der Waals surface area contributed by atoms with Crippen molar-refractivity contribution in [3.8, 4) is 5.75 Å². The highest BCUT2D eigenvalue weighted by atomic mass is 16.5. The van der Waals surface area contributed by atoms with Crippen LogP contribution in [0.2, 0.25) is 0 Å². The molecule has 0 aromatic heterocycles. The molecule has 2 amide bonds.